The van der Waals surface area contributed by atoms with Gasteiger partial charge in [-0.1, -0.05) is 34.1 Å². The van der Waals surface area contributed by atoms with Crippen molar-refractivity contribution in [3.63, 3.8) is 0 Å². The Balaban J connectivity index is 2.06. The highest BCUT2D eigenvalue weighted by molar-refractivity contribution is 9.08. The van der Waals surface area contributed by atoms with Gasteiger partial charge in [-0.05, 0) is 19.1 Å². The van der Waals surface area contributed by atoms with Crippen LogP contribution in [-0.2, 0) is 16.1 Å². The summed E-state index contributed by atoms with van der Waals surface area (Å²) in [6.07, 6.45) is 0. The number of alkyl halides is 1. The Morgan fingerprint density at radius 3 is 2.52 bits per heavy atom. The van der Waals surface area contributed by atoms with Crippen molar-refractivity contribution in [1.82, 2.24) is 9.78 Å². The Morgan fingerprint density at radius 1 is 1.24 bits per heavy atom. The van der Waals surface area contributed by atoms with Crippen molar-refractivity contribution in [2.75, 3.05) is 29.5 Å². The molecule has 0 N–H and O–H groups in total. The van der Waals surface area contributed by atoms with E-state index in [1.165, 1.54) is 5.56 Å². The third-order valence-corrected chi connectivity index (χ3v) is 5.61. The Bertz CT molecular complexity index is 646. The average molecular weight is 368 g/mol. The van der Waals surface area contributed by atoms with E-state index in [0.29, 0.717) is 0 Å². The van der Waals surface area contributed by atoms with Crippen LogP contribution in [0.5, 0.6) is 0 Å². The van der Waals surface area contributed by atoms with Crippen LogP contribution in [0, 0.1) is 6.92 Å². The van der Waals surface area contributed by atoms with Crippen LogP contribution in [0.15, 0.2) is 30.3 Å². The van der Waals surface area contributed by atoms with E-state index in [1.807, 2.05) is 29.8 Å². The SMILES string of the molecule is Cc1nn(-c2ccccc2)c(N2CCS(=O)CC2)c1CBr. The molecular formula is C15H18BrN3OS. The molecule has 4 nitrogen and oxygen atoms in total. The number of aryl methyl sites for hydroxylation is 1. The van der Waals surface area contributed by atoms with Gasteiger partial charge in [-0.2, -0.15) is 5.10 Å². The number of hydrogen-bond donors (Lipinski definition) is 0. The summed E-state index contributed by atoms with van der Waals surface area (Å²) in [6, 6.07) is 10.2. The van der Waals surface area contributed by atoms with Crippen LogP contribution >= 0.6 is 15.9 Å². The molecular weight excluding hydrogens is 350 g/mol. The molecule has 0 bridgehead atoms. The molecule has 1 saturated heterocycles. The normalized spacial score (nSPS) is 16.4. The number of hydrogen-bond acceptors (Lipinski definition) is 3. The lowest BCUT2D eigenvalue weighted by atomic mass is 10.2. The van der Waals surface area contributed by atoms with Gasteiger partial charge in [0.25, 0.3) is 0 Å². The molecule has 2 heterocycles. The van der Waals surface area contributed by atoms with Crippen molar-refractivity contribution in [2.24, 2.45) is 0 Å². The monoisotopic (exact) mass is 367 g/mol. The molecule has 21 heavy (non-hydrogen) atoms. The summed E-state index contributed by atoms with van der Waals surface area (Å²) in [5, 5.41) is 5.49. The first-order valence-electron chi connectivity index (χ1n) is 7.00. The van der Waals surface area contributed by atoms with Crippen molar-refractivity contribution in [1.29, 1.82) is 0 Å². The minimum absolute atomic E-state index is 0.671. The van der Waals surface area contributed by atoms with E-state index in [-0.39, 0.29) is 0 Å². The van der Waals surface area contributed by atoms with Crippen LogP contribution in [0.1, 0.15) is 11.3 Å². The van der Waals surface area contributed by atoms with Crippen molar-refractivity contribution in [3.05, 3.63) is 41.6 Å². The minimum Gasteiger partial charge on any atom is -0.354 e. The Kier molecular flexibility index (Phi) is 4.45. The van der Waals surface area contributed by atoms with Crippen LogP contribution in [0.25, 0.3) is 5.69 Å². The van der Waals surface area contributed by atoms with Crippen molar-refractivity contribution < 1.29 is 4.21 Å². The molecule has 0 saturated carbocycles. The maximum absolute atomic E-state index is 11.6. The van der Waals surface area contributed by atoms with Gasteiger partial charge in [-0.3, -0.25) is 4.21 Å². The zero-order valence-electron chi connectivity index (χ0n) is 12.0. The van der Waals surface area contributed by atoms with Gasteiger partial charge in [-0.25, -0.2) is 4.68 Å². The molecule has 0 atom stereocenters. The molecule has 2 aromatic rings. The Hall–Kier alpha value is -1.14. The fourth-order valence-electron chi connectivity index (χ4n) is 2.63. The highest BCUT2D eigenvalue weighted by Gasteiger charge is 2.24. The fourth-order valence-corrected chi connectivity index (χ4v) is 4.34. The molecule has 1 aliphatic rings. The maximum Gasteiger partial charge on any atom is 0.136 e. The fraction of sp³-hybridized carbons (Fsp3) is 0.400. The van der Waals surface area contributed by atoms with E-state index in [1.54, 1.807) is 0 Å². The first-order chi connectivity index (χ1) is 10.2. The summed E-state index contributed by atoms with van der Waals surface area (Å²) in [7, 11) is -0.671. The molecule has 1 aliphatic heterocycles. The summed E-state index contributed by atoms with van der Waals surface area (Å²) in [4.78, 5) is 2.31. The van der Waals surface area contributed by atoms with Crippen molar-refractivity contribution >= 4 is 32.5 Å². The van der Waals surface area contributed by atoms with Crippen molar-refractivity contribution in [2.45, 2.75) is 12.3 Å². The molecule has 0 amide bonds. The van der Waals surface area contributed by atoms with E-state index < -0.39 is 10.8 Å². The molecule has 0 radical (unpaired) electrons. The van der Waals surface area contributed by atoms with Crippen LogP contribution in [0.3, 0.4) is 0 Å². The van der Waals surface area contributed by atoms with E-state index in [9.17, 15) is 4.21 Å². The largest absolute Gasteiger partial charge is 0.354 e. The van der Waals surface area contributed by atoms with Gasteiger partial charge in [0, 0.05) is 46.3 Å². The third kappa shape index (κ3) is 2.92. The number of para-hydroxylation sites is 1. The van der Waals surface area contributed by atoms with E-state index in [4.69, 9.17) is 5.10 Å². The first kappa shape index (κ1) is 14.8. The molecule has 1 aromatic carbocycles. The van der Waals surface area contributed by atoms with E-state index >= 15 is 0 Å². The van der Waals surface area contributed by atoms with Crippen LogP contribution < -0.4 is 4.90 Å². The molecule has 0 spiro atoms. The van der Waals surface area contributed by atoms with Gasteiger partial charge in [0.15, 0.2) is 0 Å². The Labute approximate surface area is 135 Å². The predicted molar refractivity (Wildman–Crippen MR) is 91.0 cm³/mol. The molecule has 0 aliphatic carbocycles. The number of aromatic nitrogens is 2. The Morgan fingerprint density at radius 2 is 1.90 bits per heavy atom. The van der Waals surface area contributed by atoms with Crippen LogP contribution in [0.2, 0.25) is 0 Å². The average Bonchev–Trinajstić information content (AvgIpc) is 2.85. The zero-order chi connectivity index (χ0) is 14.8. The lowest BCUT2D eigenvalue weighted by Crippen LogP contribution is -2.39. The summed E-state index contributed by atoms with van der Waals surface area (Å²) < 4.78 is 13.6. The summed E-state index contributed by atoms with van der Waals surface area (Å²) in [6.45, 7) is 3.69. The maximum atomic E-state index is 11.6. The van der Waals surface area contributed by atoms with Gasteiger partial charge in [0.05, 0.1) is 11.4 Å². The number of rotatable bonds is 3. The first-order valence-corrected chi connectivity index (χ1v) is 9.61. The summed E-state index contributed by atoms with van der Waals surface area (Å²) in [5.74, 6) is 2.61. The predicted octanol–water partition coefficient (Wildman–Crippen LogP) is 2.64. The van der Waals surface area contributed by atoms with Gasteiger partial charge >= 0.3 is 0 Å². The summed E-state index contributed by atoms with van der Waals surface area (Å²) in [5.41, 5.74) is 3.32. The van der Waals surface area contributed by atoms with Gasteiger partial charge in [-0.15, -0.1) is 0 Å². The molecule has 1 aromatic heterocycles. The van der Waals surface area contributed by atoms with Crippen LogP contribution in [0.4, 0.5) is 5.82 Å². The molecule has 112 valence electrons. The topological polar surface area (TPSA) is 38.1 Å². The molecule has 0 unspecified atom stereocenters. The second kappa shape index (κ2) is 6.32. The lowest BCUT2D eigenvalue weighted by molar-refractivity contribution is 0.670. The summed E-state index contributed by atoms with van der Waals surface area (Å²) >= 11 is 3.58. The second-order valence-corrected chi connectivity index (χ2v) is 7.36. The standard InChI is InChI=1S/C15H18BrN3OS/c1-12-14(11-16)15(18-7-9-21(20)10-8-18)19(17-12)13-5-3-2-4-6-13/h2-6H,7-11H2,1H3. The van der Waals surface area contributed by atoms with Gasteiger partial charge < -0.3 is 4.90 Å². The third-order valence-electron chi connectivity index (χ3n) is 3.77. The smallest absolute Gasteiger partial charge is 0.136 e. The number of halogens is 1. The zero-order valence-corrected chi connectivity index (χ0v) is 14.4. The highest BCUT2D eigenvalue weighted by Crippen LogP contribution is 2.29. The van der Waals surface area contributed by atoms with Gasteiger partial charge in [0.1, 0.15) is 5.82 Å². The molecule has 1 fully saturated rings. The van der Waals surface area contributed by atoms with Gasteiger partial charge in [0.2, 0.25) is 0 Å². The van der Waals surface area contributed by atoms with Crippen molar-refractivity contribution in [3.8, 4) is 5.69 Å². The highest BCUT2D eigenvalue weighted by atomic mass is 79.9. The number of anilines is 1. The number of nitrogens with zero attached hydrogens (tertiary/aromatic N) is 3. The lowest BCUT2D eigenvalue weighted by Gasteiger charge is -2.29. The molecule has 6 heteroatoms. The second-order valence-electron chi connectivity index (χ2n) is 5.10. The quantitative estimate of drug-likeness (QED) is 0.782. The van der Waals surface area contributed by atoms with E-state index in [2.05, 4.69) is 33.0 Å². The number of benzene rings is 1. The molecule has 3 rings (SSSR count). The minimum atomic E-state index is -0.671. The van der Waals surface area contributed by atoms with Crippen LogP contribution in [-0.4, -0.2) is 38.6 Å². The van der Waals surface area contributed by atoms with E-state index in [0.717, 1.165) is 47.1 Å².